The van der Waals surface area contributed by atoms with Gasteiger partial charge in [0.2, 0.25) is 0 Å². The molecule has 0 amide bonds. The fourth-order valence-electron chi connectivity index (χ4n) is 1.53. The summed E-state index contributed by atoms with van der Waals surface area (Å²) in [6.45, 7) is -0.146. The fraction of sp³-hybridized carbons (Fsp3) is 0.0909. The van der Waals surface area contributed by atoms with Crippen LogP contribution >= 0.6 is 46.1 Å². The van der Waals surface area contributed by atoms with Crippen molar-refractivity contribution in [2.75, 3.05) is 0 Å². The van der Waals surface area contributed by atoms with E-state index in [1.165, 1.54) is 12.1 Å². The van der Waals surface area contributed by atoms with Gasteiger partial charge >= 0.3 is 0 Å². The first kappa shape index (κ1) is 17.5. The van der Waals surface area contributed by atoms with Crippen LogP contribution in [0.4, 0.5) is 5.69 Å². The number of nitrogens with one attached hydrogen (secondary N) is 1. The smallest absolute Gasteiger partial charge is 0.258 e. The highest BCUT2D eigenvalue weighted by molar-refractivity contribution is 7.91. The van der Waals surface area contributed by atoms with Gasteiger partial charge in [0, 0.05) is 17.6 Å². The van der Waals surface area contributed by atoms with Crippen molar-refractivity contribution < 1.29 is 13.3 Å². The maximum Gasteiger partial charge on any atom is 0.281 e. The summed E-state index contributed by atoms with van der Waals surface area (Å²) in [6.07, 6.45) is 0. The van der Waals surface area contributed by atoms with Crippen LogP contribution in [-0.2, 0) is 16.6 Å². The molecule has 1 aromatic carbocycles. The third-order valence-electron chi connectivity index (χ3n) is 2.56. The predicted octanol–water partition coefficient (Wildman–Crippen LogP) is 4.10. The lowest BCUT2D eigenvalue weighted by molar-refractivity contribution is -0.384. The average molecular weight is 402 g/mol. The van der Waals surface area contributed by atoms with Crippen LogP contribution in [0.5, 0.6) is 0 Å². The molecule has 0 radical (unpaired) electrons. The number of hydrogen-bond donors (Lipinski definition) is 1. The summed E-state index contributed by atoms with van der Waals surface area (Å²) in [5.41, 5.74) is 0.114. The van der Waals surface area contributed by atoms with E-state index in [-0.39, 0.29) is 26.5 Å². The molecular weight excluding hydrogens is 395 g/mol. The molecule has 0 fully saturated rings. The predicted molar refractivity (Wildman–Crippen MR) is 86.5 cm³/mol. The van der Waals surface area contributed by atoms with Gasteiger partial charge in [-0.15, -0.1) is 11.3 Å². The normalized spacial score (nSPS) is 11.6. The number of halogens is 3. The highest BCUT2D eigenvalue weighted by Gasteiger charge is 2.21. The van der Waals surface area contributed by atoms with Crippen molar-refractivity contribution in [3.63, 3.8) is 0 Å². The molecule has 0 saturated heterocycles. The Morgan fingerprint density at radius 3 is 2.50 bits per heavy atom. The summed E-state index contributed by atoms with van der Waals surface area (Å²) in [5.74, 6) is 0. The Hall–Kier alpha value is -0.900. The molecule has 0 atom stereocenters. The monoisotopic (exact) mass is 400 g/mol. The van der Waals surface area contributed by atoms with Crippen molar-refractivity contribution in [3.8, 4) is 0 Å². The molecule has 1 aromatic heterocycles. The van der Waals surface area contributed by atoms with E-state index in [2.05, 4.69) is 4.72 Å². The molecule has 2 rings (SSSR count). The van der Waals surface area contributed by atoms with Crippen LogP contribution in [0.15, 0.2) is 27.8 Å². The van der Waals surface area contributed by atoms with Crippen molar-refractivity contribution in [2.24, 2.45) is 0 Å². The van der Waals surface area contributed by atoms with Crippen molar-refractivity contribution in [2.45, 2.75) is 10.8 Å². The zero-order valence-electron chi connectivity index (χ0n) is 10.5. The maximum absolute atomic E-state index is 12.1. The highest BCUT2D eigenvalue weighted by Crippen LogP contribution is 2.30. The topological polar surface area (TPSA) is 89.3 Å². The van der Waals surface area contributed by atoms with Crippen molar-refractivity contribution in [1.29, 1.82) is 0 Å². The number of nitro groups is 1. The molecule has 0 aliphatic rings. The van der Waals surface area contributed by atoms with E-state index < -0.39 is 14.9 Å². The van der Waals surface area contributed by atoms with Crippen LogP contribution < -0.4 is 4.72 Å². The summed E-state index contributed by atoms with van der Waals surface area (Å²) in [5, 5.41) is 12.4. The van der Waals surface area contributed by atoms with E-state index in [0.29, 0.717) is 10.6 Å². The molecule has 0 saturated carbocycles. The van der Waals surface area contributed by atoms with E-state index in [1.807, 2.05) is 0 Å². The van der Waals surface area contributed by atoms with Gasteiger partial charge in [0.05, 0.1) is 20.3 Å². The first-order valence-corrected chi connectivity index (χ1v) is 9.06. The van der Waals surface area contributed by atoms with Gasteiger partial charge in [-0.1, -0.05) is 34.8 Å². The molecule has 0 spiro atoms. The molecule has 11 heteroatoms. The third-order valence-corrected chi connectivity index (χ3v) is 6.45. The number of nitrogens with zero attached hydrogens (tertiary/aromatic N) is 1. The minimum absolute atomic E-state index is 0.146. The molecule has 2 aromatic rings. The molecule has 0 unspecified atom stereocenters. The SMILES string of the molecule is O=[N+]([O-])c1csc(S(=O)(=O)NCc2cc(Cl)cc(Cl)c2Cl)c1. The zero-order chi connectivity index (χ0) is 16.5. The first-order valence-electron chi connectivity index (χ1n) is 5.56. The molecule has 0 aliphatic carbocycles. The Labute approximate surface area is 144 Å². The van der Waals surface area contributed by atoms with Crippen LogP contribution in [0.1, 0.15) is 5.56 Å². The zero-order valence-corrected chi connectivity index (χ0v) is 14.4. The third kappa shape index (κ3) is 3.89. The molecule has 6 nitrogen and oxygen atoms in total. The number of hydrogen-bond acceptors (Lipinski definition) is 5. The quantitative estimate of drug-likeness (QED) is 0.464. The average Bonchev–Trinajstić information content (AvgIpc) is 2.92. The second kappa shape index (κ2) is 6.69. The summed E-state index contributed by atoms with van der Waals surface area (Å²) in [6, 6.07) is 3.90. The summed E-state index contributed by atoms with van der Waals surface area (Å²) >= 11 is 18.4. The van der Waals surface area contributed by atoms with Gasteiger partial charge < -0.3 is 0 Å². The Balaban J connectivity index is 2.21. The summed E-state index contributed by atoms with van der Waals surface area (Å²) < 4.78 is 26.3. The molecule has 0 bridgehead atoms. The second-order valence-electron chi connectivity index (χ2n) is 4.07. The molecule has 1 N–H and O–H groups in total. The van der Waals surface area contributed by atoms with Gasteiger partial charge in [0.15, 0.2) is 0 Å². The van der Waals surface area contributed by atoms with Gasteiger partial charge in [-0.2, -0.15) is 0 Å². The molecule has 22 heavy (non-hydrogen) atoms. The molecule has 1 heterocycles. The molecule has 0 aliphatic heterocycles. The first-order chi connectivity index (χ1) is 10.2. The van der Waals surface area contributed by atoms with Crippen LogP contribution in [0, 0.1) is 10.1 Å². The Bertz CT molecular complexity index is 836. The Morgan fingerprint density at radius 2 is 1.91 bits per heavy atom. The standard InChI is InChI=1S/C11H7Cl3N2O4S2/c12-7-1-6(11(14)9(13)2-7)4-15-22(19,20)10-3-8(5-21-10)16(17)18/h1-3,5,15H,4H2. The van der Waals surface area contributed by atoms with E-state index in [4.69, 9.17) is 34.8 Å². The van der Waals surface area contributed by atoms with Gasteiger partial charge in [0.25, 0.3) is 15.7 Å². The van der Waals surface area contributed by atoms with Gasteiger partial charge in [-0.25, -0.2) is 13.1 Å². The minimum atomic E-state index is -3.89. The minimum Gasteiger partial charge on any atom is -0.258 e. The summed E-state index contributed by atoms with van der Waals surface area (Å²) in [7, 11) is -3.89. The van der Waals surface area contributed by atoms with E-state index in [1.54, 1.807) is 0 Å². The molecular formula is C11H7Cl3N2O4S2. The van der Waals surface area contributed by atoms with Gasteiger partial charge in [0.1, 0.15) is 4.21 Å². The van der Waals surface area contributed by atoms with E-state index in [0.717, 1.165) is 22.8 Å². The summed E-state index contributed by atoms with van der Waals surface area (Å²) in [4.78, 5) is 9.93. The van der Waals surface area contributed by atoms with Gasteiger partial charge in [-0.3, -0.25) is 10.1 Å². The highest BCUT2D eigenvalue weighted by atomic mass is 35.5. The lowest BCUT2D eigenvalue weighted by Gasteiger charge is -2.08. The molecule has 118 valence electrons. The van der Waals surface area contributed by atoms with Crippen molar-refractivity contribution >= 4 is 61.9 Å². The Kier molecular flexibility index (Phi) is 5.31. The number of thiophene rings is 1. The lowest BCUT2D eigenvalue weighted by Crippen LogP contribution is -2.22. The fourth-order valence-corrected chi connectivity index (χ4v) is 4.41. The van der Waals surface area contributed by atoms with Crippen LogP contribution in [0.2, 0.25) is 15.1 Å². The van der Waals surface area contributed by atoms with Crippen LogP contribution in [0.25, 0.3) is 0 Å². The van der Waals surface area contributed by atoms with Crippen LogP contribution in [0.3, 0.4) is 0 Å². The van der Waals surface area contributed by atoms with Crippen molar-refractivity contribution in [1.82, 2.24) is 4.72 Å². The number of sulfonamides is 1. The lowest BCUT2D eigenvalue weighted by atomic mass is 10.2. The van der Waals surface area contributed by atoms with E-state index in [9.17, 15) is 18.5 Å². The van der Waals surface area contributed by atoms with Crippen molar-refractivity contribution in [3.05, 3.63) is 54.3 Å². The number of benzene rings is 1. The second-order valence-corrected chi connectivity index (χ2v) is 8.19. The van der Waals surface area contributed by atoms with Crippen LogP contribution in [-0.4, -0.2) is 13.3 Å². The van der Waals surface area contributed by atoms with E-state index >= 15 is 0 Å². The Morgan fingerprint density at radius 1 is 1.23 bits per heavy atom. The maximum atomic E-state index is 12.1. The number of rotatable bonds is 5. The van der Waals surface area contributed by atoms with Gasteiger partial charge in [-0.05, 0) is 17.7 Å². The largest absolute Gasteiger partial charge is 0.281 e.